The van der Waals surface area contributed by atoms with Gasteiger partial charge in [-0.3, -0.25) is 10.1 Å². The van der Waals surface area contributed by atoms with Crippen molar-refractivity contribution in [2.45, 2.75) is 20.8 Å². The molecule has 0 saturated carbocycles. The van der Waals surface area contributed by atoms with Crippen LogP contribution in [0.5, 0.6) is 0 Å². The first-order valence-corrected chi connectivity index (χ1v) is 9.55. The van der Waals surface area contributed by atoms with Gasteiger partial charge in [0.05, 0.1) is 15.1 Å². The molecule has 0 aliphatic heterocycles. The van der Waals surface area contributed by atoms with Gasteiger partial charge in [-0.05, 0) is 44.5 Å². The normalized spacial score (nSPS) is 11.4. The molecule has 4 aromatic rings. The van der Waals surface area contributed by atoms with E-state index in [2.05, 4.69) is 20.3 Å². The highest BCUT2D eigenvalue weighted by molar-refractivity contribution is 7.23. The summed E-state index contributed by atoms with van der Waals surface area (Å²) in [4.78, 5) is 27.5. The molecule has 5 nitrogen and oxygen atoms in total. The Morgan fingerprint density at radius 1 is 1.12 bits per heavy atom. The van der Waals surface area contributed by atoms with Gasteiger partial charge in [0, 0.05) is 16.1 Å². The minimum atomic E-state index is -0.178. The number of aromatic nitrogens is 3. The second-order valence-electron chi connectivity index (χ2n) is 5.68. The van der Waals surface area contributed by atoms with Crippen molar-refractivity contribution in [1.82, 2.24) is 15.0 Å². The van der Waals surface area contributed by atoms with Crippen molar-refractivity contribution in [3.05, 3.63) is 45.2 Å². The van der Waals surface area contributed by atoms with Crippen molar-refractivity contribution >= 4 is 65.7 Å². The maximum Gasteiger partial charge on any atom is 0.267 e. The second-order valence-corrected chi connectivity index (χ2v) is 8.14. The van der Waals surface area contributed by atoms with Gasteiger partial charge in [0.1, 0.15) is 10.7 Å². The molecule has 0 atom stereocenters. The monoisotopic (exact) mass is 388 g/mol. The average molecular weight is 389 g/mol. The molecular weight excluding hydrogens is 376 g/mol. The fraction of sp³-hybridized carbons (Fsp3) is 0.176. The number of carbonyl (C=O) groups is 1. The number of nitrogens with one attached hydrogen (secondary N) is 1. The molecule has 1 N–H and O–H groups in total. The summed E-state index contributed by atoms with van der Waals surface area (Å²) in [5, 5.41) is 5.05. The molecule has 0 unspecified atom stereocenters. The lowest BCUT2D eigenvalue weighted by molar-refractivity contribution is 0.103. The number of fused-ring (bicyclic) bond motifs is 2. The number of thiophene rings is 1. The van der Waals surface area contributed by atoms with E-state index in [1.165, 1.54) is 22.7 Å². The number of hydrogen-bond donors (Lipinski definition) is 1. The Labute approximate surface area is 156 Å². The summed E-state index contributed by atoms with van der Waals surface area (Å²) in [6.07, 6.45) is 0. The summed E-state index contributed by atoms with van der Waals surface area (Å²) < 4.78 is 0.938. The highest BCUT2D eigenvalue weighted by atomic mass is 35.5. The molecule has 0 spiro atoms. The Balaban J connectivity index is 1.71. The molecule has 0 fully saturated rings. The lowest BCUT2D eigenvalue weighted by Gasteiger charge is -2.00. The van der Waals surface area contributed by atoms with E-state index in [-0.39, 0.29) is 5.91 Å². The maximum absolute atomic E-state index is 12.7. The van der Waals surface area contributed by atoms with Gasteiger partial charge in [-0.25, -0.2) is 15.0 Å². The molecule has 0 radical (unpaired) electrons. The van der Waals surface area contributed by atoms with Crippen LogP contribution in [0, 0.1) is 20.8 Å². The first-order valence-electron chi connectivity index (χ1n) is 7.54. The standard InChI is InChI=1S/C17H13ClN4OS2/c1-7-13-8(2)19-9(3)20-16(13)25-14(7)15(23)22-17-21-11-5-4-10(18)6-12(11)24-17/h4-6H,1-3H3,(H,21,22,23). The van der Waals surface area contributed by atoms with Crippen LogP contribution in [0.25, 0.3) is 20.4 Å². The number of aryl methyl sites for hydroxylation is 3. The Kier molecular flexibility index (Phi) is 3.94. The van der Waals surface area contributed by atoms with Gasteiger partial charge in [-0.15, -0.1) is 11.3 Å². The molecule has 3 heterocycles. The van der Waals surface area contributed by atoms with Crippen molar-refractivity contribution in [3.63, 3.8) is 0 Å². The van der Waals surface area contributed by atoms with Gasteiger partial charge in [-0.1, -0.05) is 22.9 Å². The first-order chi connectivity index (χ1) is 11.9. The first kappa shape index (κ1) is 16.4. The van der Waals surface area contributed by atoms with E-state index in [1.807, 2.05) is 32.9 Å². The molecule has 25 heavy (non-hydrogen) atoms. The molecule has 126 valence electrons. The van der Waals surface area contributed by atoms with Gasteiger partial charge in [0.25, 0.3) is 5.91 Å². The van der Waals surface area contributed by atoms with Gasteiger partial charge >= 0.3 is 0 Å². The van der Waals surface area contributed by atoms with Gasteiger partial charge in [0.2, 0.25) is 0 Å². The van der Waals surface area contributed by atoms with E-state index >= 15 is 0 Å². The summed E-state index contributed by atoms with van der Waals surface area (Å²) in [7, 11) is 0. The van der Waals surface area contributed by atoms with E-state index < -0.39 is 0 Å². The minimum Gasteiger partial charge on any atom is -0.297 e. The quantitative estimate of drug-likeness (QED) is 0.516. The molecule has 0 bridgehead atoms. The number of thiazole rings is 1. The molecule has 8 heteroatoms. The van der Waals surface area contributed by atoms with Crippen molar-refractivity contribution in [1.29, 1.82) is 0 Å². The second kappa shape index (κ2) is 6.01. The van der Waals surface area contributed by atoms with E-state index in [1.54, 1.807) is 6.07 Å². The number of amides is 1. The smallest absolute Gasteiger partial charge is 0.267 e. The molecule has 1 aromatic carbocycles. The number of hydrogen-bond acceptors (Lipinski definition) is 6. The number of anilines is 1. The van der Waals surface area contributed by atoms with Crippen LogP contribution in [0.2, 0.25) is 5.02 Å². The van der Waals surface area contributed by atoms with E-state index in [0.717, 1.165) is 31.7 Å². The van der Waals surface area contributed by atoms with Crippen LogP contribution in [-0.4, -0.2) is 20.9 Å². The topological polar surface area (TPSA) is 67.8 Å². The number of carbonyl (C=O) groups excluding carboxylic acids is 1. The van der Waals surface area contributed by atoms with Crippen molar-refractivity contribution in [3.8, 4) is 0 Å². The third-order valence-electron chi connectivity index (χ3n) is 3.86. The predicted octanol–water partition coefficient (Wildman–Crippen LogP) is 5.13. The summed E-state index contributed by atoms with van der Waals surface area (Å²) in [5.41, 5.74) is 2.61. The van der Waals surface area contributed by atoms with Crippen molar-refractivity contribution in [2.24, 2.45) is 0 Å². The highest BCUT2D eigenvalue weighted by Gasteiger charge is 2.19. The molecule has 0 saturated heterocycles. The number of nitrogens with zero attached hydrogens (tertiary/aromatic N) is 3. The van der Waals surface area contributed by atoms with E-state index in [9.17, 15) is 4.79 Å². The van der Waals surface area contributed by atoms with Crippen LogP contribution in [-0.2, 0) is 0 Å². The van der Waals surface area contributed by atoms with Crippen LogP contribution in [0.3, 0.4) is 0 Å². The summed E-state index contributed by atoms with van der Waals surface area (Å²) in [5.74, 6) is 0.531. The summed E-state index contributed by atoms with van der Waals surface area (Å²) >= 11 is 8.79. The highest BCUT2D eigenvalue weighted by Crippen LogP contribution is 2.33. The number of halogens is 1. The Bertz CT molecular complexity index is 1150. The number of benzene rings is 1. The third kappa shape index (κ3) is 2.88. The fourth-order valence-electron chi connectivity index (χ4n) is 2.80. The van der Waals surface area contributed by atoms with Crippen molar-refractivity contribution < 1.29 is 4.79 Å². The largest absolute Gasteiger partial charge is 0.297 e. The van der Waals surface area contributed by atoms with Crippen LogP contribution < -0.4 is 5.32 Å². The molecule has 0 aliphatic rings. The number of rotatable bonds is 2. The van der Waals surface area contributed by atoms with E-state index in [0.29, 0.717) is 20.9 Å². The maximum atomic E-state index is 12.7. The summed E-state index contributed by atoms with van der Waals surface area (Å²) in [6.45, 7) is 5.72. The Hall–Kier alpha value is -2.09. The van der Waals surface area contributed by atoms with Gasteiger partial charge in [0.15, 0.2) is 5.13 Å². The zero-order chi connectivity index (χ0) is 17.7. The van der Waals surface area contributed by atoms with E-state index in [4.69, 9.17) is 11.6 Å². The van der Waals surface area contributed by atoms with Gasteiger partial charge in [-0.2, -0.15) is 0 Å². The van der Waals surface area contributed by atoms with Crippen LogP contribution in [0.15, 0.2) is 18.2 Å². The molecule has 3 aromatic heterocycles. The lowest BCUT2D eigenvalue weighted by Crippen LogP contribution is -2.11. The molecule has 4 rings (SSSR count). The lowest BCUT2D eigenvalue weighted by atomic mass is 10.1. The molecule has 1 amide bonds. The van der Waals surface area contributed by atoms with Crippen LogP contribution in [0.1, 0.15) is 26.8 Å². The van der Waals surface area contributed by atoms with Crippen LogP contribution >= 0.6 is 34.3 Å². The fourth-order valence-corrected chi connectivity index (χ4v) is 5.11. The minimum absolute atomic E-state index is 0.178. The SMILES string of the molecule is Cc1nc(C)c2c(C)c(C(=O)Nc3nc4ccc(Cl)cc4s3)sc2n1. The predicted molar refractivity (Wildman–Crippen MR) is 104 cm³/mol. The third-order valence-corrected chi connectivity index (χ3v) is 6.21. The molecular formula is C17H13ClN4OS2. The van der Waals surface area contributed by atoms with Crippen LogP contribution in [0.4, 0.5) is 5.13 Å². The average Bonchev–Trinajstić information content (AvgIpc) is 3.07. The van der Waals surface area contributed by atoms with Crippen molar-refractivity contribution in [2.75, 3.05) is 5.32 Å². The zero-order valence-corrected chi connectivity index (χ0v) is 16.1. The Morgan fingerprint density at radius 3 is 2.72 bits per heavy atom. The molecule has 0 aliphatic carbocycles. The summed E-state index contributed by atoms with van der Waals surface area (Å²) in [6, 6.07) is 5.47. The Morgan fingerprint density at radius 2 is 1.92 bits per heavy atom. The zero-order valence-electron chi connectivity index (χ0n) is 13.7. The van der Waals surface area contributed by atoms with Gasteiger partial charge < -0.3 is 0 Å².